The van der Waals surface area contributed by atoms with Crippen LogP contribution in [0.5, 0.6) is 5.75 Å². The summed E-state index contributed by atoms with van der Waals surface area (Å²) < 4.78 is 19.3. The van der Waals surface area contributed by atoms with Gasteiger partial charge in [0.25, 0.3) is 5.91 Å². The third kappa shape index (κ3) is 5.56. The fourth-order valence-electron chi connectivity index (χ4n) is 4.38. The summed E-state index contributed by atoms with van der Waals surface area (Å²) in [5.74, 6) is -0.0533. The van der Waals surface area contributed by atoms with Crippen molar-refractivity contribution < 1.29 is 18.7 Å². The first-order chi connectivity index (χ1) is 16.6. The fraction of sp³-hybridized carbons (Fsp3) is 0.357. The molecule has 3 aromatic rings. The molecule has 0 saturated heterocycles. The monoisotopic (exact) mass is 494 g/mol. The first kappa shape index (κ1) is 24.9. The van der Waals surface area contributed by atoms with Crippen LogP contribution in [0.4, 0.5) is 4.39 Å². The van der Waals surface area contributed by atoms with E-state index in [9.17, 15) is 14.0 Å². The Bertz CT molecular complexity index is 1200. The quantitative estimate of drug-likeness (QED) is 0.446. The number of nitrogens with zero attached hydrogens (tertiary/aromatic N) is 2. The van der Waals surface area contributed by atoms with E-state index < -0.39 is 5.54 Å². The van der Waals surface area contributed by atoms with Crippen molar-refractivity contribution >= 4 is 23.2 Å². The van der Waals surface area contributed by atoms with Crippen LogP contribution in [0.3, 0.4) is 0 Å². The number of ether oxygens (including phenoxy) is 1. The summed E-state index contributed by atoms with van der Waals surface area (Å²) in [6, 6.07) is 15.1. The van der Waals surface area contributed by atoms with Crippen molar-refractivity contribution in [1.29, 1.82) is 0 Å². The Morgan fingerprint density at radius 1 is 1.11 bits per heavy atom. The fourth-order valence-corrected chi connectivity index (χ4v) is 5.31. The molecule has 1 aromatic heterocycles. The number of aryl methyl sites for hydroxylation is 1. The summed E-state index contributed by atoms with van der Waals surface area (Å²) in [5.41, 5.74) is 2.01. The highest BCUT2D eigenvalue weighted by Gasteiger charge is 2.36. The van der Waals surface area contributed by atoms with E-state index in [0.717, 1.165) is 17.5 Å². The maximum Gasteiger partial charge on any atom is 0.255 e. The van der Waals surface area contributed by atoms with Crippen LogP contribution in [0.15, 0.2) is 60.0 Å². The number of carbonyl (C=O) groups is 2. The molecule has 5 nitrogen and oxygen atoms in total. The Labute approximate surface area is 210 Å². The van der Waals surface area contributed by atoms with Gasteiger partial charge in [-0.3, -0.25) is 9.59 Å². The van der Waals surface area contributed by atoms with Gasteiger partial charge in [0, 0.05) is 22.5 Å². The van der Waals surface area contributed by atoms with Crippen LogP contribution in [0.1, 0.15) is 53.2 Å². The van der Waals surface area contributed by atoms with Gasteiger partial charge in [-0.2, -0.15) is 0 Å². The average Bonchev–Trinajstić information content (AvgIpc) is 3.30. The Morgan fingerprint density at radius 3 is 2.51 bits per heavy atom. The van der Waals surface area contributed by atoms with E-state index >= 15 is 0 Å². The Kier molecular flexibility index (Phi) is 7.26. The number of thiophene rings is 1. The molecule has 1 aliphatic heterocycles. The van der Waals surface area contributed by atoms with Gasteiger partial charge in [0.15, 0.2) is 0 Å². The number of hydrogen-bond acceptors (Lipinski definition) is 4. The molecule has 1 unspecified atom stereocenters. The summed E-state index contributed by atoms with van der Waals surface area (Å²) in [6.45, 7) is 8.52. The van der Waals surface area contributed by atoms with Crippen LogP contribution in [0.25, 0.3) is 0 Å². The number of fused-ring (bicyclic) bond motifs is 1. The van der Waals surface area contributed by atoms with E-state index in [0.29, 0.717) is 17.9 Å². The zero-order chi connectivity index (χ0) is 25.2. The van der Waals surface area contributed by atoms with Crippen molar-refractivity contribution in [2.75, 3.05) is 19.7 Å². The van der Waals surface area contributed by atoms with Crippen molar-refractivity contribution in [1.82, 2.24) is 9.80 Å². The van der Waals surface area contributed by atoms with Crippen molar-refractivity contribution in [2.24, 2.45) is 0 Å². The van der Waals surface area contributed by atoms with E-state index in [-0.39, 0.29) is 36.8 Å². The Hall–Kier alpha value is -3.19. The molecule has 2 aromatic carbocycles. The zero-order valence-corrected chi connectivity index (χ0v) is 21.4. The molecule has 0 bridgehead atoms. The minimum Gasteiger partial charge on any atom is -0.491 e. The van der Waals surface area contributed by atoms with Crippen molar-refractivity contribution in [3.05, 3.63) is 87.4 Å². The van der Waals surface area contributed by atoms with Gasteiger partial charge in [-0.25, -0.2) is 4.39 Å². The second-order valence-electron chi connectivity index (χ2n) is 9.79. The number of benzene rings is 2. The van der Waals surface area contributed by atoms with Crippen LogP contribution in [-0.2, 0) is 11.2 Å². The molecular formula is C28H31FN2O3S. The first-order valence-corrected chi connectivity index (χ1v) is 12.6. The van der Waals surface area contributed by atoms with E-state index in [1.165, 1.54) is 17.0 Å². The summed E-state index contributed by atoms with van der Waals surface area (Å²) in [6.07, 6.45) is 0.771. The molecule has 4 rings (SSSR count). The lowest BCUT2D eigenvalue weighted by atomic mass is 9.99. The normalized spacial score (nSPS) is 15.5. The summed E-state index contributed by atoms with van der Waals surface area (Å²) >= 11 is 1.68. The van der Waals surface area contributed by atoms with Gasteiger partial charge in [-0.1, -0.05) is 18.2 Å². The molecule has 7 heteroatoms. The van der Waals surface area contributed by atoms with Crippen molar-refractivity contribution in [3.63, 3.8) is 0 Å². The molecule has 2 amide bonds. The average molecular weight is 495 g/mol. The summed E-state index contributed by atoms with van der Waals surface area (Å²) in [5, 5.41) is 2.03. The molecule has 0 radical (unpaired) electrons. The van der Waals surface area contributed by atoms with Gasteiger partial charge in [0.05, 0.1) is 6.04 Å². The number of hydrogen-bond donors (Lipinski definition) is 0. The molecule has 0 aliphatic carbocycles. The minimum absolute atomic E-state index is 0.0246. The van der Waals surface area contributed by atoms with E-state index in [2.05, 4.69) is 0 Å². The van der Waals surface area contributed by atoms with E-state index in [1.807, 2.05) is 62.2 Å². The van der Waals surface area contributed by atoms with Gasteiger partial charge >= 0.3 is 0 Å². The molecular weight excluding hydrogens is 463 g/mol. The van der Waals surface area contributed by atoms with Crippen LogP contribution in [-0.4, -0.2) is 46.8 Å². The van der Waals surface area contributed by atoms with Gasteiger partial charge in [-0.05, 0) is 87.0 Å². The third-order valence-electron chi connectivity index (χ3n) is 6.36. The molecule has 0 saturated carbocycles. The Morgan fingerprint density at radius 2 is 1.83 bits per heavy atom. The van der Waals surface area contributed by atoms with Gasteiger partial charge < -0.3 is 14.5 Å². The lowest BCUT2D eigenvalue weighted by molar-refractivity contribution is -0.136. The van der Waals surface area contributed by atoms with Crippen molar-refractivity contribution in [2.45, 2.75) is 45.7 Å². The van der Waals surface area contributed by atoms with Crippen LogP contribution in [0, 0.1) is 12.7 Å². The molecule has 184 valence electrons. The minimum atomic E-state index is -0.543. The first-order valence-electron chi connectivity index (χ1n) is 11.8. The molecule has 1 aliphatic rings. The maximum absolute atomic E-state index is 13.7. The van der Waals surface area contributed by atoms with Crippen molar-refractivity contribution in [3.8, 4) is 5.75 Å². The maximum atomic E-state index is 13.7. The van der Waals surface area contributed by atoms with Crippen LogP contribution < -0.4 is 4.74 Å². The van der Waals surface area contributed by atoms with Crippen LogP contribution in [0.2, 0.25) is 0 Å². The number of carbonyl (C=O) groups excluding carboxylic acids is 2. The second-order valence-corrected chi connectivity index (χ2v) is 10.8. The lowest BCUT2D eigenvalue weighted by Gasteiger charge is -2.40. The number of halogens is 1. The topological polar surface area (TPSA) is 49.9 Å². The standard InChI is InChI=1S/C28H31FN2O3S/c1-19-7-5-6-8-22(19)27(33)31(28(2,3)4)17-26(32)30-15-13-25-23(14-16-35-25)24(30)18-34-21-11-9-20(29)10-12-21/h5-12,14,16,24H,13,15,17-18H2,1-4H3. The number of rotatable bonds is 6. The van der Waals surface area contributed by atoms with Gasteiger partial charge in [0.1, 0.15) is 24.7 Å². The largest absolute Gasteiger partial charge is 0.491 e. The predicted molar refractivity (Wildman–Crippen MR) is 136 cm³/mol. The molecule has 2 heterocycles. The molecule has 35 heavy (non-hydrogen) atoms. The SMILES string of the molecule is Cc1ccccc1C(=O)N(CC(=O)N1CCc2sccc2C1COc1ccc(F)cc1)C(C)(C)C. The molecule has 0 N–H and O–H groups in total. The highest BCUT2D eigenvalue weighted by molar-refractivity contribution is 7.10. The summed E-state index contributed by atoms with van der Waals surface area (Å²) in [7, 11) is 0. The highest BCUT2D eigenvalue weighted by atomic mass is 32.1. The van der Waals surface area contributed by atoms with Crippen LogP contribution >= 0.6 is 11.3 Å². The predicted octanol–water partition coefficient (Wildman–Crippen LogP) is 5.64. The Balaban J connectivity index is 1.57. The lowest BCUT2D eigenvalue weighted by Crippen LogP contribution is -2.53. The smallest absolute Gasteiger partial charge is 0.255 e. The van der Waals surface area contributed by atoms with Gasteiger partial charge in [-0.15, -0.1) is 11.3 Å². The zero-order valence-electron chi connectivity index (χ0n) is 20.6. The molecule has 0 fully saturated rings. The molecule has 1 atom stereocenters. The van der Waals surface area contributed by atoms with Gasteiger partial charge in [0.2, 0.25) is 5.91 Å². The third-order valence-corrected chi connectivity index (χ3v) is 7.36. The molecule has 0 spiro atoms. The second kappa shape index (κ2) is 10.2. The number of amides is 2. The summed E-state index contributed by atoms with van der Waals surface area (Å²) in [4.78, 5) is 31.9. The van der Waals surface area contributed by atoms with E-state index in [1.54, 1.807) is 34.4 Å². The highest BCUT2D eigenvalue weighted by Crippen LogP contribution is 2.34. The van der Waals surface area contributed by atoms with E-state index in [4.69, 9.17) is 4.74 Å².